The molecule has 0 saturated carbocycles. The lowest BCUT2D eigenvalue weighted by Crippen LogP contribution is -2.06. The van der Waals surface area contributed by atoms with Gasteiger partial charge in [0.2, 0.25) is 5.95 Å². The zero-order valence-electron chi connectivity index (χ0n) is 34.5. The van der Waals surface area contributed by atoms with Gasteiger partial charge in [0.25, 0.3) is 0 Å². The van der Waals surface area contributed by atoms with Crippen molar-refractivity contribution in [2.45, 2.75) is 0 Å². The van der Waals surface area contributed by atoms with E-state index in [0.29, 0.717) is 22.3 Å². The molecule has 0 bridgehead atoms. The summed E-state index contributed by atoms with van der Waals surface area (Å²) in [4.78, 5) is 14.5. The minimum atomic E-state index is -0.535. The summed E-state index contributed by atoms with van der Waals surface area (Å²) in [5.74, 6) is 0.333. The number of benzene rings is 7. The van der Waals surface area contributed by atoms with Crippen molar-refractivity contribution in [3.05, 3.63) is 158 Å². The van der Waals surface area contributed by atoms with Gasteiger partial charge in [0.05, 0.1) is 22.0 Å². The summed E-state index contributed by atoms with van der Waals surface area (Å²) < 4.78 is 83.7. The van der Waals surface area contributed by atoms with Gasteiger partial charge < -0.3 is 8.83 Å². The predicted molar refractivity (Wildman–Crippen MR) is 205 cm³/mol. The summed E-state index contributed by atoms with van der Waals surface area (Å²) in [6.45, 7) is 0. The van der Waals surface area contributed by atoms with Gasteiger partial charge in [-0.25, -0.2) is 4.98 Å². The van der Waals surface area contributed by atoms with Crippen molar-refractivity contribution in [3.8, 4) is 39.9 Å². The fourth-order valence-electron chi connectivity index (χ4n) is 6.99. The average Bonchev–Trinajstić information content (AvgIpc) is 3.96. The Morgan fingerprint density at radius 1 is 0.451 bits per heavy atom. The molecule has 0 saturated heterocycles. The van der Waals surface area contributed by atoms with E-state index in [4.69, 9.17) is 34.8 Å². The van der Waals surface area contributed by atoms with Crippen LogP contribution in [-0.2, 0) is 0 Å². The van der Waals surface area contributed by atoms with Crippen LogP contribution in [0.15, 0.2) is 166 Å². The monoisotopic (exact) mass is 662 g/mol. The highest BCUT2D eigenvalue weighted by atomic mass is 16.3. The topological polar surface area (TPSA) is 69.9 Å². The van der Waals surface area contributed by atoms with Gasteiger partial charge in [0, 0.05) is 49.0 Å². The van der Waals surface area contributed by atoms with Crippen LogP contribution in [0.2, 0.25) is 0 Å². The molecule has 0 spiro atoms. The van der Waals surface area contributed by atoms with Gasteiger partial charge in [-0.05, 0) is 48.0 Å². The van der Waals surface area contributed by atoms with Crippen LogP contribution in [0.4, 0.5) is 0 Å². The van der Waals surface area contributed by atoms with Crippen molar-refractivity contribution in [2.75, 3.05) is 0 Å². The Kier molecular flexibility index (Phi) is 4.44. The molecule has 6 nitrogen and oxygen atoms in total. The molecular weight excluding hydrogens is 629 g/mol. The third-order valence-electron chi connectivity index (χ3n) is 9.33. The van der Waals surface area contributed by atoms with Crippen LogP contribution >= 0.6 is 0 Å². The lowest BCUT2D eigenvalue weighted by atomic mass is 10.00. The molecule has 0 unspecified atom stereocenters. The first-order chi connectivity index (χ1) is 28.6. The number of fused-ring (bicyclic) bond motifs is 9. The smallest absolute Gasteiger partial charge is 0.238 e. The predicted octanol–water partition coefficient (Wildman–Crippen LogP) is 11.8. The van der Waals surface area contributed by atoms with Crippen molar-refractivity contribution in [2.24, 2.45) is 0 Å². The van der Waals surface area contributed by atoms with Gasteiger partial charge in [-0.1, -0.05) is 115 Å². The highest BCUT2D eigenvalue weighted by Gasteiger charge is 2.19. The molecule has 7 aromatic carbocycles. The molecule has 238 valence electrons. The molecule has 4 aromatic heterocycles. The van der Waals surface area contributed by atoms with E-state index in [0.717, 1.165) is 43.8 Å². The van der Waals surface area contributed by atoms with Crippen LogP contribution in [0.3, 0.4) is 0 Å². The first-order valence-electron chi connectivity index (χ1n) is 20.3. The third-order valence-corrected chi connectivity index (χ3v) is 9.33. The maximum atomic E-state index is 8.99. The molecule has 51 heavy (non-hydrogen) atoms. The first-order valence-corrected chi connectivity index (χ1v) is 16.3. The fraction of sp³-hybridized carbons (Fsp3) is 0. The largest absolute Gasteiger partial charge is 0.456 e. The lowest BCUT2D eigenvalue weighted by Gasteiger charge is -2.10. The maximum absolute atomic E-state index is 8.99. The molecule has 0 fully saturated rings. The summed E-state index contributed by atoms with van der Waals surface area (Å²) >= 11 is 0. The highest BCUT2D eigenvalue weighted by Crippen LogP contribution is 2.39. The quantitative estimate of drug-likeness (QED) is 0.188. The highest BCUT2D eigenvalue weighted by molar-refractivity contribution is 6.12. The van der Waals surface area contributed by atoms with Crippen LogP contribution in [0.5, 0.6) is 0 Å². The Bertz CT molecular complexity index is 3540. The maximum Gasteiger partial charge on any atom is 0.238 e. The Hall–Kier alpha value is -7.05. The summed E-state index contributed by atoms with van der Waals surface area (Å²) in [6.07, 6.45) is 0. The molecule has 4 heterocycles. The van der Waals surface area contributed by atoms with Crippen LogP contribution in [0, 0.1) is 0 Å². The Morgan fingerprint density at radius 2 is 1.12 bits per heavy atom. The van der Waals surface area contributed by atoms with Gasteiger partial charge in [-0.2, -0.15) is 9.97 Å². The van der Waals surface area contributed by atoms with Gasteiger partial charge >= 0.3 is 0 Å². The van der Waals surface area contributed by atoms with Gasteiger partial charge in [0.1, 0.15) is 22.3 Å². The lowest BCUT2D eigenvalue weighted by molar-refractivity contribution is 0.668. The standard InChI is InChI=1S/C45H26N4O2/c1-2-11-27(12-3-1)43-46-44(48-45(47-43)49-37-18-7-4-13-31(37)32-14-5-8-19-38(32)49)29-21-23-34-36-25-28(22-24-40(36)50-41(34)26-29)30-16-10-17-35-33-15-6-9-20-39(33)51-42(30)35/h1-26H/i4D,5D,7D,8D,13D,14D,18D,19D. The van der Waals surface area contributed by atoms with Gasteiger partial charge in [-0.15, -0.1) is 0 Å². The van der Waals surface area contributed by atoms with E-state index < -0.39 is 48.3 Å². The molecule has 0 aliphatic rings. The number of hydrogen-bond donors (Lipinski definition) is 0. The van der Waals surface area contributed by atoms with Crippen molar-refractivity contribution < 1.29 is 19.8 Å². The molecule has 11 rings (SSSR count). The number of furan rings is 2. The Labute approximate surface area is 302 Å². The van der Waals surface area contributed by atoms with Crippen LogP contribution in [0.1, 0.15) is 11.0 Å². The second kappa shape index (κ2) is 10.7. The molecule has 6 heteroatoms. The van der Waals surface area contributed by atoms with Crippen molar-refractivity contribution in [1.29, 1.82) is 0 Å². The Balaban J connectivity index is 1.13. The Morgan fingerprint density at radius 3 is 1.94 bits per heavy atom. The van der Waals surface area contributed by atoms with Crippen molar-refractivity contribution in [3.63, 3.8) is 0 Å². The molecule has 0 atom stereocenters. The van der Waals surface area contributed by atoms with E-state index >= 15 is 0 Å². The van der Waals surface area contributed by atoms with E-state index in [2.05, 4.69) is 18.2 Å². The van der Waals surface area contributed by atoms with Crippen LogP contribution in [-0.4, -0.2) is 19.5 Å². The van der Waals surface area contributed by atoms with E-state index in [1.54, 1.807) is 0 Å². The van der Waals surface area contributed by atoms with E-state index in [9.17, 15) is 0 Å². The summed E-state index contributed by atoms with van der Waals surface area (Å²) in [5, 5.41) is 3.70. The molecule has 0 amide bonds. The molecule has 0 radical (unpaired) electrons. The molecule has 11 aromatic rings. The number of para-hydroxylation sites is 4. The minimum Gasteiger partial charge on any atom is -0.456 e. The average molecular weight is 663 g/mol. The fourth-order valence-corrected chi connectivity index (χ4v) is 6.99. The summed E-state index contributed by atoms with van der Waals surface area (Å²) in [6, 6.07) is 31.0. The number of hydrogen-bond acceptors (Lipinski definition) is 5. The van der Waals surface area contributed by atoms with Gasteiger partial charge in [-0.3, -0.25) is 4.57 Å². The zero-order valence-corrected chi connectivity index (χ0v) is 26.5. The second-order valence-electron chi connectivity index (χ2n) is 12.2. The number of aromatic nitrogens is 4. The SMILES string of the molecule is [2H]c1c([2H])c([2H])c2c(c1[2H])c1c([2H])c([2H])c([2H])c([2H])c1n2-c1nc(-c2ccccc2)nc(-c2ccc3c(c2)oc2ccc(-c4cccc5c4oc4ccccc45)cc23)n1. The molecular formula is C45H26N4O2. The van der Waals surface area contributed by atoms with E-state index in [-0.39, 0.29) is 39.4 Å². The van der Waals surface area contributed by atoms with Crippen molar-refractivity contribution >= 4 is 65.7 Å². The molecule has 0 aliphatic heterocycles. The first kappa shape index (κ1) is 21.1. The normalized spacial score (nSPS) is 14.1. The zero-order chi connectivity index (χ0) is 40.4. The van der Waals surface area contributed by atoms with Crippen LogP contribution < -0.4 is 0 Å². The van der Waals surface area contributed by atoms with Gasteiger partial charge in [0.15, 0.2) is 11.6 Å². The third kappa shape index (κ3) is 4.26. The summed E-state index contributed by atoms with van der Waals surface area (Å²) in [5.41, 5.74) is 5.79. The van der Waals surface area contributed by atoms with Crippen LogP contribution in [0.25, 0.3) is 106 Å². The second-order valence-corrected chi connectivity index (χ2v) is 12.2. The van der Waals surface area contributed by atoms with Crippen molar-refractivity contribution in [1.82, 2.24) is 19.5 Å². The van der Waals surface area contributed by atoms with E-state index in [1.807, 2.05) is 91.0 Å². The minimum absolute atomic E-state index is 0.0687. The number of nitrogens with zero attached hydrogens (tertiary/aromatic N) is 4. The van der Waals surface area contributed by atoms with E-state index in [1.165, 1.54) is 4.57 Å². The molecule has 0 N–H and O–H groups in total. The number of rotatable bonds is 4. The molecule has 0 aliphatic carbocycles. The summed E-state index contributed by atoms with van der Waals surface area (Å²) in [7, 11) is 0.